The Bertz CT molecular complexity index is 799. The van der Waals surface area contributed by atoms with Gasteiger partial charge >= 0.3 is 17.9 Å². The molecule has 8 nitrogen and oxygen atoms in total. The van der Waals surface area contributed by atoms with Crippen molar-refractivity contribution in [2.45, 2.75) is 6.54 Å². The van der Waals surface area contributed by atoms with Crippen molar-refractivity contribution < 1.29 is 34.8 Å². The first-order valence-corrected chi connectivity index (χ1v) is 6.91. The number of aliphatic carboxylic acids is 2. The molecule has 24 heavy (non-hydrogen) atoms. The number of aromatic carboxylic acids is 1. The van der Waals surface area contributed by atoms with Gasteiger partial charge in [0.15, 0.2) is 0 Å². The Morgan fingerprint density at radius 2 is 1.54 bits per heavy atom. The van der Waals surface area contributed by atoms with E-state index in [2.05, 4.69) is 0 Å². The van der Waals surface area contributed by atoms with E-state index in [1.54, 1.807) is 6.07 Å². The Morgan fingerprint density at radius 1 is 0.917 bits per heavy atom. The largest absolute Gasteiger partial charge is 0.508 e. The second-order valence-corrected chi connectivity index (χ2v) is 5.24. The van der Waals surface area contributed by atoms with Crippen LogP contribution < -0.4 is 0 Å². The van der Waals surface area contributed by atoms with E-state index in [0.717, 1.165) is 4.90 Å². The molecule has 0 saturated heterocycles. The lowest BCUT2D eigenvalue weighted by Crippen LogP contribution is -2.34. The summed E-state index contributed by atoms with van der Waals surface area (Å²) in [5.41, 5.74) is 0.416. The van der Waals surface area contributed by atoms with Gasteiger partial charge in [0.05, 0.1) is 18.7 Å². The highest BCUT2D eigenvalue weighted by Gasteiger charge is 2.18. The van der Waals surface area contributed by atoms with E-state index in [9.17, 15) is 19.5 Å². The number of hydrogen-bond acceptors (Lipinski definition) is 5. The lowest BCUT2D eigenvalue weighted by molar-refractivity contribution is -0.142. The molecule has 0 heterocycles. The molecule has 0 saturated carbocycles. The smallest absolute Gasteiger partial charge is 0.335 e. The molecule has 126 valence electrons. The number of phenols is 1. The molecule has 0 aliphatic carbocycles. The maximum absolute atomic E-state index is 11.0. The van der Waals surface area contributed by atoms with Gasteiger partial charge in [-0.3, -0.25) is 14.5 Å². The van der Waals surface area contributed by atoms with Crippen LogP contribution in [0.25, 0.3) is 10.8 Å². The third kappa shape index (κ3) is 3.99. The van der Waals surface area contributed by atoms with Crippen molar-refractivity contribution in [3.63, 3.8) is 0 Å². The molecule has 0 aliphatic heterocycles. The first kappa shape index (κ1) is 17.2. The van der Waals surface area contributed by atoms with Crippen molar-refractivity contribution in [1.29, 1.82) is 0 Å². The summed E-state index contributed by atoms with van der Waals surface area (Å²) in [5, 5.41) is 38.0. The topological polar surface area (TPSA) is 135 Å². The molecule has 0 radical (unpaired) electrons. The summed E-state index contributed by atoms with van der Waals surface area (Å²) >= 11 is 0. The van der Waals surface area contributed by atoms with Crippen LogP contribution in [0.15, 0.2) is 30.3 Å². The molecule has 0 fully saturated rings. The monoisotopic (exact) mass is 333 g/mol. The highest BCUT2D eigenvalue weighted by atomic mass is 16.4. The van der Waals surface area contributed by atoms with Gasteiger partial charge < -0.3 is 20.4 Å². The van der Waals surface area contributed by atoms with E-state index in [4.69, 9.17) is 15.3 Å². The van der Waals surface area contributed by atoms with E-state index >= 15 is 0 Å². The quantitative estimate of drug-likeness (QED) is 0.594. The predicted octanol–water partition coefficient (Wildman–Crippen LogP) is 1.21. The van der Waals surface area contributed by atoms with Crippen LogP contribution in [0, 0.1) is 0 Å². The standard InChI is InChI=1S/C16H15NO7/c18-13-4-2-9-5-10(16(23)24)1-3-11(9)12(13)6-17(7-14(19)20)8-15(21)22/h1-5,18H,6-8H2,(H,19,20)(H,21,22)(H,23,24). The van der Waals surface area contributed by atoms with Gasteiger partial charge in [-0.05, 0) is 29.0 Å². The molecular weight excluding hydrogens is 318 g/mol. The first-order valence-electron chi connectivity index (χ1n) is 6.91. The van der Waals surface area contributed by atoms with Gasteiger partial charge in [0.2, 0.25) is 0 Å². The van der Waals surface area contributed by atoms with Crippen LogP contribution in [0.2, 0.25) is 0 Å². The summed E-state index contributed by atoms with van der Waals surface area (Å²) < 4.78 is 0. The van der Waals surface area contributed by atoms with Gasteiger partial charge in [-0.1, -0.05) is 12.1 Å². The van der Waals surface area contributed by atoms with Crippen LogP contribution in [0.3, 0.4) is 0 Å². The van der Waals surface area contributed by atoms with Crippen LogP contribution in [0.4, 0.5) is 0 Å². The third-order valence-electron chi connectivity index (χ3n) is 3.45. The molecular formula is C16H15NO7. The minimum atomic E-state index is -1.19. The summed E-state index contributed by atoms with van der Waals surface area (Å²) in [6.45, 7) is -1.11. The normalized spacial score (nSPS) is 10.9. The zero-order chi connectivity index (χ0) is 17.9. The molecule has 2 rings (SSSR count). The molecule has 0 aliphatic rings. The van der Waals surface area contributed by atoms with Crippen LogP contribution in [0.5, 0.6) is 5.75 Å². The second-order valence-electron chi connectivity index (χ2n) is 5.24. The van der Waals surface area contributed by atoms with Gasteiger partial charge in [-0.25, -0.2) is 4.79 Å². The van der Waals surface area contributed by atoms with Gasteiger partial charge in [0.1, 0.15) is 5.75 Å². The number of benzene rings is 2. The molecule has 0 amide bonds. The zero-order valence-electron chi connectivity index (χ0n) is 12.5. The molecule has 2 aromatic rings. The van der Waals surface area contributed by atoms with Crippen molar-refractivity contribution in [1.82, 2.24) is 4.90 Å². The number of hydrogen-bond donors (Lipinski definition) is 4. The molecule has 0 atom stereocenters. The summed E-state index contributed by atoms with van der Waals surface area (Å²) in [6.07, 6.45) is 0. The predicted molar refractivity (Wildman–Crippen MR) is 83.1 cm³/mol. The second kappa shape index (κ2) is 6.97. The van der Waals surface area contributed by atoms with Crippen LogP contribution in [0.1, 0.15) is 15.9 Å². The van der Waals surface area contributed by atoms with Crippen molar-refractivity contribution in [3.05, 3.63) is 41.5 Å². The SMILES string of the molecule is O=C(O)CN(CC(=O)O)Cc1c(O)ccc2cc(C(=O)O)ccc12. The molecule has 0 spiro atoms. The lowest BCUT2D eigenvalue weighted by atomic mass is 10.0. The van der Waals surface area contributed by atoms with E-state index in [0.29, 0.717) is 16.3 Å². The van der Waals surface area contributed by atoms with Crippen molar-refractivity contribution >= 4 is 28.7 Å². The lowest BCUT2D eigenvalue weighted by Gasteiger charge is -2.20. The van der Waals surface area contributed by atoms with Crippen molar-refractivity contribution in [2.75, 3.05) is 13.1 Å². The van der Waals surface area contributed by atoms with Gasteiger partial charge in [-0.2, -0.15) is 0 Å². The van der Waals surface area contributed by atoms with Crippen LogP contribution in [-0.4, -0.2) is 56.3 Å². The number of carbonyl (C=O) groups is 3. The third-order valence-corrected chi connectivity index (χ3v) is 3.45. The molecule has 4 N–H and O–H groups in total. The number of aromatic hydroxyl groups is 1. The maximum Gasteiger partial charge on any atom is 0.335 e. The highest BCUT2D eigenvalue weighted by Crippen LogP contribution is 2.29. The van der Waals surface area contributed by atoms with Gasteiger partial charge in [-0.15, -0.1) is 0 Å². The molecule has 0 bridgehead atoms. The molecule has 2 aromatic carbocycles. The van der Waals surface area contributed by atoms with E-state index in [-0.39, 0.29) is 17.9 Å². The fourth-order valence-electron chi connectivity index (χ4n) is 2.46. The number of nitrogens with zero attached hydrogens (tertiary/aromatic N) is 1. The summed E-state index contributed by atoms with van der Waals surface area (Å²) in [4.78, 5) is 34.0. The Hall–Kier alpha value is -3.13. The number of carboxylic acids is 3. The Kier molecular flexibility index (Phi) is 5.00. The van der Waals surface area contributed by atoms with Crippen LogP contribution >= 0.6 is 0 Å². The Morgan fingerprint density at radius 3 is 2.08 bits per heavy atom. The summed E-state index contributed by atoms with van der Waals surface area (Å²) in [7, 11) is 0. The number of fused-ring (bicyclic) bond motifs is 1. The van der Waals surface area contributed by atoms with Gasteiger partial charge in [0, 0.05) is 12.1 Å². The van der Waals surface area contributed by atoms with E-state index in [1.165, 1.54) is 24.3 Å². The average molecular weight is 333 g/mol. The van der Waals surface area contributed by atoms with Crippen LogP contribution in [-0.2, 0) is 16.1 Å². The average Bonchev–Trinajstić information content (AvgIpc) is 2.48. The summed E-state index contributed by atoms with van der Waals surface area (Å²) in [5.74, 6) is -3.59. The fourth-order valence-corrected chi connectivity index (χ4v) is 2.46. The van der Waals surface area contributed by atoms with Crippen molar-refractivity contribution in [2.24, 2.45) is 0 Å². The molecule has 8 heteroatoms. The molecule has 0 aromatic heterocycles. The zero-order valence-corrected chi connectivity index (χ0v) is 12.5. The molecule has 0 unspecified atom stereocenters. The number of rotatable bonds is 7. The minimum Gasteiger partial charge on any atom is -0.508 e. The summed E-state index contributed by atoms with van der Waals surface area (Å²) in [6, 6.07) is 7.21. The Balaban J connectivity index is 2.45. The van der Waals surface area contributed by atoms with E-state index < -0.39 is 31.0 Å². The van der Waals surface area contributed by atoms with E-state index in [1.807, 2.05) is 0 Å². The minimum absolute atomic E-state index is 0.0760. The highest BCUT2D eigenvalue weighted by molar-refractivity contribution is 5.96. The number of phenolic OH excluding ortho intramolecular Hbond substituents is 1. The first-order chi connectivity index (χ1) is 11.3. The number of carboxylic acid groups (broad SMARTS) is 3. The maximum atomic E-state index is 11.0. The van der Waals surface area contributed by atoms with Crippen molar-refractivity contribution in [3.8, 4) is 5.75 Å². The van der Waals surface area contributed by atoms with Gasteiger partial charge in [0.25, 0.3) is 0 Å². The fraction of sp³-hybridized carbons (Fsp3) is 0.188. The Labute approximate surface area is 136 Å².